The first-order valence-electron chi connectivity index (χ1n) is 11.3. The van der Waals surface area contributed by atoms with Gasteiger partial charge in [0.2, 0.25) is 0 Å². The summed E-state index contributed by atoms with van der Waals surface area (Å²) in [7, 11) is 0. The average molecular weight is 383 g/mol. The van der Waals surface area contributed by atoms with Gasteiger partial charge >= 0.3 is 0 Å². The molecule has 2 saturated heterocycles. The molecule has 5 nitrogen and oxygen atoms in total. The van der Waals surface area contributed by atoms with E-state index in [0.29, 0.717) is 29.5 Å². The topological polar surface area (TPSA) is 48.9 Å². The molecule has 1 aromatic rings. The molecule has 1 spiro atoms. The number of hydrogen-bond acceptors (Lipinski definition) is 3. The molecule has 4 aliphatic rings. The van der Waals surface area contributed by atoms with Gasteiger partial charge in [0, 0.05) is 55.3 Å². The minimum Gasteiger partial charge on any atom is -0.377 e. The molecule has 152 valence electrons. The second-order valence-electron chi connectivity index (χ2n) is 9.04. The number of benzene rings is 1. The van der Waals surface area contributed by atoms with Crippen LogP contribution in [0.3, 0.4) is 0 Å². The zero-order valence-electron chi connectivity index (χ0n) is 17.1. The zero-order valence-corrected chi connectivity index (χ0v) is 17.1. The molecule has 1 aromatic carbocycles. The number of fused-ring (bicyclic) bond motifs is 2. The summed E-state index contributed by atoms with van der Waals surface area (Å²) >= 11 is 0. The van der Waals surface area contributed by atoms with E-state index in [1.807, 2.05) is 0 Å². The summed E-state index contributed by atoms with van der Waals surface area (Å²) in [4.78, 5) is 7.31. The van der Waals surface area contributed by atoms with Crippen molar-refractivity contribution in [2.75, 3.05) is 31.1 Å². The van der Waals surface area contributed by atoms with Gasteiger partial charge in [-0.3, -0.25) is 4.99 Å². The van der Waals surface area contributed by atoms with Crippen LogP contribution in [-0.2, 0) is 4.74 Å². The van der Waals surface area contributed by atoms with E-state index < -0.39 is 0 Å². The van der Waals surface area contributed by atoms with Crippen molar-refractivity contribution in [3.8, 4) is 0 Å². The standard InChI is InChI=1S/C23H34N4O/c1-2-24-22(26-20-19-11-15-28-21(19)23(20)12-7-13-23)25-17-8-6-14-27(16-17)18-9-4-3-5-10-18/h3-5,9-10,17,19-21H,2,6-8,11-16H2,1H3,(H2,24,25,26). The Labute approximate surface area is 168 Å². The lowest BCUT2D eigenvalue weighted by Gasteiger charge is -2.63. The molecule has 4 fully saturated rings. The van der Waals surface area contributed by atoms with Crippen LogP contribution in [0.15, 0.2) is 35.3 Å². The van der Waals surface area contributed by atoms with Gasteiger partial charge in [0.05, 0.1) is 6.10 Å². The Morgan fingerprint density at radius 2 is 2.04 bits per heavy atom. The predicted octanol–water partition coefficient (Wildman–Crippen LogP) is 3.17. The van der Waals surface area contributed by atoms with E-state index in [9.17, 15) is 0 Å². The number of hydrogen-bond donors (Lipinski definition) is 2. The van der Waals surface area contributed by atoms with Crippen molar-refractivity contribution in [1.82, 2.24) is 10.6 Å². The summed E-state index contributed by atoms with van der Waals surface area (Å²) in [6.07, 6.45) is 8.12. The van der Waals surface area contributed by atoms with Gasteiger partial charge in [-0.05, 0) is 51.2 Å². The molecule has 4 atom stereocenters. The largest absolute Gasteiger partial charge is 0.377 e. The number of aliphatic imine (C=N–C) groups is 1. The smallest absolute Gasteiger partial charge is 0.191 e. The van der Waals surface area contributed by atoms with E-state index in [2.05, 4.69) is 52.8 Å². The van der Waals surface area contributed by atoms with Crippen molar-refractivity contribution in [3.63, 3.8) is 0 Å². The SMILES string of the molecule is CCN=C(NC1CCCN(c2ccccc2)C1)NC1C2CCOC2C12CCC2. The Morgan fingerprint density at radius 1 is 1.18 bits per heavy atom. The summed E-state index contributed by atoms with van der Waals surface area (Å²) in [5.74, 6) is 1.69. The number of piperidine rings is 1. The van der Waals surface area contributed by atoms with Crippen LogP contribution in [0.5, 0.6) is 0 Å². The number of anilines is 1. The summed E-state index contributed by atoms with van der Waals surface area (Å²) in [5.41, 5.74) is 1.72. The number of rotatable bonds is 4. The van der Waals surface area contributed by atoms with Crippen LogP contribution < -0.4 is 15.5 Å². The van der Waals surface area contributed by atoms with Crippen molar-refractivity contribution in [3.05, 3.63) is 30.3 Å². The zero-order chi connectivity index (χ0) is 19.0. The van der Waals surface area contributed by atoms with Crippen molar-refractivity contribution in [2.45, 2.75) is 63.6 Å². The van der Waals surface area contributed by atoms with Crippen molar-refractivity contribution in [1.29, 1.82) is 0 Å². The summed E-state index contributed by atoms with van der Waals surface area (Å²) < 4.78 is 6.09. The Hall–Kier alpha value is -1.75. The highest BCUT2D eigenvalue weighted by Gasteiger charge is 2.66. The lowest BCUT2D eigenvalue weighted by atomic mass is 9.46. The number of ether oxygens (including phenoxy) is 1. The van der Waals surface area contributed by atoms with Gasteiger partial charge in [0.1, 0.15) is 0 Å². The Morgan fingerprint density at radius 3 is 2.79 bits per heavy atom. The third-order valence-corrected chi connectivity index (χ3v) is 7.53. The maximum atomic E-state index is 6.09. The van der Waals surface area contributed by atoms with Gasteiger partial charge in [-0.25, -0.2) is 0 Å². The first-order valence-corrected chi connectivity index (χ1v) is 11.3. The molecule has 4 unspecified atom stereocenters. The molecular weight excluding hydrogens is 348 g/mol. The van der Waals surface area contributed by atoms with Crippen LogP contribution in [0.2, 0.25) is 0 Å². The molecule has 2 saturated carbocycles. The minimum absolute atomic E-state index is 0.389. The summed E-state index contributed by atoms with van der Waals surface area (Å²) in [6.45, 7) is 6.07. The van der Waals surface area contributed by atoms with Gasteiger partial charge in [-0.1, -0.05) is 24.6 Å². The molecule has 0 bridgehead atoms. The van der Waals surface area contributed by atoms with Gasteiger partial charge < -0.3 is 20.3 Å². The van der Waals surface area contributed by atoms with E-state index in [-0.39, 0.29) is 0 Å². The van der Waals surface area contributed by atoms with Crippen LogP contribution in [0, 0.1) is 11.3 Å². The summed E-state index contributed by atoms with van der Waals surface area (Å²) in [5, 5.41) is 7.64. The second-order valence-corrected chi connectivity index (χ2v) is 9.04. The number of guanidine groups is 1. The second kappa shape index (κ2) is 7.58. The van der Waals surface area contributed by atoms with E-state index in [4.69, 9.17) is 9.73 Å². The first kappa shape index (κ1) is 18.3. The Bertz CT molecular complexity index is 702. The number of para-hydroxylation sites is 1. The molecular formula is C23H34N4O. The molecule has 2 aliphatic carbocycles. The highest BCUT2D eigenvalue weighted by atomic mass is 16.5. The Balaban J connectivity index is 1.24. The maximum Gasteiger partial charge on any atom is 0.191 e. The highest BCUT2D eigenvalue weighted by molar-refractivity contribution is 5.81. The van der Waals surface area contributed by atoms with E-state index >= 15 is 0 Å². The van der Waals surface area contributed by atoms with Crippen LogP contribution in [0.1, 0.15) is 45.4 Å². The maximum absolute atomic E-state index is 6.09. The predicted molar refractivity (Wildman–Crippen MR) is 114 cm³/mol. The van der Waals surface area contributed by atoms with Crippen LogP contribution >= 0.6 is 0 Å². The van der Waals surface area contributed by atoms with Gasteiger partial charge in [-0.2, -0.15) is 0 Å². The highest BCUT2D eigenvalue weighted by Crippen LogP contribution is 2.62. The molecule has 5 rings (SSSR count). The van der Waals surface area contributed by atoms with E-state index in [0.717, 1.165) is 32.2 Å². The van der Waals surface area contributed by atoms with Gasteiger partial charge in [-0.15, -0.1) is 0 Å². The van der Waals surface area contributed by atoms with Crippen LogP contribution in [0.25, 0.3) is 0 Å². The minimum atomic E-state index is 0.389. The molecule has 2 aliphatic heterocycles. The average Bonchev–Trinajstić information content (AvgIpc) is 3.11. The van der Waals surface area contributed by atoms with E-state index in [1.165, 1.54) is 44.2 Å². The fraction of sp³-hybridized carbons (Fsp3) is 0.696. The van der Waals surface area contributed by atoms with Crippen molar-refractivity contribution < 1.29 is 4.74 Å². The van der Waals surface area contributed by atoms with Crippen molar-refractivity contribution in [2.24, 2.45) is 16.3 Å². The first-order chi connectivity index (χ1) is 13.8. The monoisotopic (exact) mass is 382 g/mol. The lowest BCUT2D eigenvalue weighted by Crippen LogP contribution is -2.73. The third-order valence-electron chi connectivity index (χ3n) is 7.53. The van der Waals surface area contributed by atoms with Gasteiger partial charge in [0.15, 0.2) is 5.96 Å². The molecule has 28 heavy (non-hydrogen) atoms. The van der Waals surface area contributed by atoms with Gasteiger partial charge in [0.25, 0.3) is 0 Å². The third kappa shape index (κ3) is 3.08. The summed E-state index contributed by atoms with van der Waals surface area (Å²) in [6, 6.07) is 11.8. The number of nitrogens with zero attached hydrogens (tertiary/aromatic N) is 2. The van der Waals surface area contributed by atoms with Crippen LogP contribution in [-0.4, -0.2) is 50.4 Å². The molecule has 0 amide bonds. The normalized spacial score (nSPS) is 33.8. The lowest BCUT2D eigenvalue weighted by molar-refractivity contribution is -0.171. The fourth-order valence-electron chi connectivity index (χ4n) is 6.06. The quantitative estimate of drug-likeness (QED) is 0.620. The van der Waals surface area contributed by atoms with E-state index in [1.54, 1.807) is 0 Å². The van der Waals surface area contributed by atoms with Crippen LogP contribution in [0.4, 0.5) is 5.69 Å². The van der Waals surface area contributed by atoms with Crippen molar-refractivity contribution >= 4 is 11.6 Å². The Kier molecular flexibility index (Phi) is 4.95. The molecule has 0 aromatic heterocycles. The molecule has 2 N–H and O–H groups in total. The number of nitrogens with one attached hydrogen (secondary N) is 2. The molecule has 5 heteroatoms. The molecule has 0 radical (unpaired) electrons. The molecule has 2 heterocycles. The fourth-order valence-corrected chi connectivity index (χ4v) is 6.06.